The maximum absolute atomic E-state index is 12.3. The van der Waals surface area contributed by atoms with Crippen molar-refractivity contribution in [1.29, 1.82) is 0 Å². The Balaban J connectivity index is 2.21. The third kappa shape index (κ3) is 4.02. The zero-order valence-corrected chi connectivity index (χ0v) is 12.6. The maximum Gasteiger partial charge on any atom is 0.255 e. The van der Waals surface area contributed by atoms with Crippen LogP contribution in [0.3, 0.4) is 0 Å². The minimum Gasteiger partial charge on any atom is -0.373 e. The summed E-state index contributed by atoms with van der Waals surface area (Å²) in [6.07, 6.45) is 3.49. The molecule has 0 aromatic carbocycles. The molecule has 2 aromatic heterocycles. The summed E-state index contributed by atoms with van der Waals surface area (Å²) < 4.78 is 0. The maximum atomic E-state index is 12.3. The predicted octanol–water partition coefficient (Wildman–Crippen LogP) is 3.03. The first kappa shape index (κ1) is 15.0. The van der Waals surface area contributed by atoms with E-state index in [0.29, 0.717) is 17.1 Å². The van der Waals surface area contributed by atoms with Crippen molar-refractivity contribution in [1.82, 2.24) is 9.97 Å². The van der Waals surface area contributed by atoms with Gasteiger partial charge in [-0.1, -0.05) is 13.3 Å². The first-order chi connectivity index (χ1) is 10.1. The number of pyridine rings is 2. The average molecular weight is 284 g/mol. The number of rotatable bonds is 5. The third-order valence-corrected chi connectivity index (χ3v) is 3.07. The lowest BCUT2D eigenvalue weighted by molar-refractivity contribution is 0.102. The Hall–Kier alpha value is -2.43. The van der Waals surface area contributed by atoms with Crippen LogP contribution in [-0.2, 0) is 6.42 Å². The molecule has 0 aliphatic rings. The molecule has 0 atom stereocenters. The van der Waals surface area contributed by atoms with E-state index in [-0.39, 0.29) is 5.91 Å². The Labute approximate surface area is 124 Å². The number of nitrogens with one attached hydrogen (secondary N) is 2. The molecule has 0 spiro atoms. The SMILES string of the molecule is CCCc1cc(C(=O)Nc2ccc(C)nc2)cc(NC)n1. The van der Waals surface area contributed by atoms with E-state index in [4.69, 9.17) is 0 Å². The Bertz CT molecular complexity index is 623. The Morgan fingerprint density at radius 1 is 1.29 bits per heavy atom. The van der Waals surface area contributed by atoms with Crippen molar-refractivity contribution < 1.29 is 4.79 Å². The second kappa shape index (κ2) is 6.83. The highest BCUT2D eigenvalue weighted by molar-refractivity contribution is 6.04. The van der Waals surface area contributed by atoms with E-state index in [1.54, 1.807) is 19.3 Å². The number of amides is 1. The molecule has 0 aliphatic carbocycles. The van der Waals surface area contributed by atoms with Crippen LogP contribution in [0.25, 0.3) is 0 Å². The standard InChI is InChI=1S/C16H20N4O/c1-4-5-13-8-12(9-15(17-3)19-13)16(21)20-14-7-6-11(2)18-10-14/h6-10H,4-5H2,1-3H3,(H,17,19)(H,20,21). The minimum absolute atomic E-state index is 0.156. The average Bonchev–Trinajstić information content (AvgIpc) is 2.49. The van der Waals surface area contributed by atoms with Crippen LogP contribution < -0.4 is 10.6 Å². The molecule has 1 amide bonds. The number of carbonyl (C=O) groups is 1. The van der Waals surface area contributed by atoms with E-state index < -0.39 is 0 Å². The van der Waals surface area contributed by atoms with E-state index in [9.17, 15) is 4.79 Å². The Kier molecular flexibility index (Phi) is 4.87. The molecule has 2 heterocycles. The van der Waals surface area contributed by atoms with Crippen molar-refractivity contribution in [2.24, 2.45) is 0 Å². The largest absolute Gasteiger partial charge is 0.373 e. The Morgan fingerprint density at radius 3 is 2.71 bits per heavy atom. The molecule has 5 heteroatoms. The molecule has 0 bridgehead atoms. The number of anilines is 2. The van der Waals surface area contributed by atoms with Crippen LogP contribution in [0.5, 0.6) is 0 Å². The van der Waals surface area contributed by atoms with Crippen LogP contribution in [0.15, 0.2) is 30.5 Å². The van der Waals surface area contributed by atoms with Crippen molar-refractivity contribution in [3.8, 4) is 0 Å². The van der Waals surface area contributed by atoms with Gasteiger partial charge in [0.1, 0.15) is 5.82 Å². The molecular weight excluding hydrogens is 264 g/mol. The molecule has 0 fully saturated rings. The molecule has 0 saturated heterocycles. The fraction of sp³-hybridized carbons (Fsp3) is 0.312. The van der Waals surface area contributed by atoms with Crippen molar-refractivity contribution >= 4 is 17.4 Å². The van der Waals surface area contributed by atoms with E-state index >= 15 is 0 Å². The smallest absolute Gasteiger partial charge is 0.255 e. The second-order valence-electron chi connectivity index (χ2n) is 4.87. The minimum atomic E-state index is -0.156. The van der Waals surface area contributed by atoms with Gasteiger partial charge in [-0.15, -0.1) is 0 Å². The molecule has 0 aliphatic heterocycles. The molecule has 2 aromatic rings. The van der Waals surface area contributed by atoms with E-state index in [1.807, 2.05) is 25.1 Å². The predicted molar refractivity (Wildman–Crippen MR) is 84.7 cm³/mol. The van der Waals surface area contributed by atoms with Gasteiger partial charge >= 0.3 is 0 Å². The topological polar surface area (TPSA) is 66.9 Å². The van der Waals surface area contributed by atoms with E-state index in [2.05, 4.69) is 27.5 Å². The summed E-state index contributed by atoms with van der Waals surface area (Å²) in [7, 11) is 1.80. The van der Waals surface area contributed by atoms with Gasteiger partial charge in [0.05, 0.1) is 11.9 Å². The summed E-state index contributed by atoms with van der Waals surface area (Å²) in [6, 6.07) is 7.29. The molecule has 0 saturated carbocycles. The van der Waals surface area contributed by atoms with Gasteiger partial charge in [0, 0.05) is 24.0 Å². The van der Waals surface area contributed by atoms with Crippen molar-refractivity contribution in [3.63, 3.8) is 0 Å². The van der Waals surface area contributed by atoms with Crippen LogP contribution in [0.1, 0.15) is 35.1 Å². The first-order valence-corrected chi connectivity index (χ1v) is 7.05. The van der Waals surface area contributed by atoms with Crippen molar-refractivity contribution in [3.05, 3.63) is 47.4 Å². The molecule has 21 heavy (non-hydrogen) atoms. The fourth-order valence-corrected chi connectivity index (χ4v) is 1.98. The Morgan fingerprint density at radius 2 is 2.10 bits per heavy atom. The first-order valence-electron chi connectivity index (χ1n) is 7.05. The number of aromatic nitrogens is 2. The third-order valence-electron chi connectivity index (χ3n) is 3.07. The lowest BCUT2D eigenvalue weighted by Crippen LogP contribution is -2.13. The van der Waals surface area contributed by atoms with Crippen LogP contribution in [0.2, 0.25) is 0 Å². The molecule has 2 rings (SSSR count). The molecule has 2 N–H and O–H groups in total. The van der Waals surface area contributed by atoms with Gasteiger partial charge in [-0.2, -0.15) is 0 Å². The zero-order chi connectivity index (χ0) is 15.2. The zero-order valence-electron chi connectivity index (χ0n) is 12.6. The van der Waals surface area contributed by atoms with Gasteiger partial charge in [0.15, 0.2) is 0 Å². The lowest BCUT2D eigenvalue weighted by atomic mass is 10.1. The number of nitrogens with zero attached hydrogens (tertiary/aromatic N) is 2. The van der Waals surface area contributed by atoms with Gasteiger partial charge in [-0.25, -0.2) is 4.98 Å². The van der Waals surface area contributed by atoms with Crippen LogP contribution in [0.4, 0.5) is 11.5 Å². The summed E-state index contributed by atoms with van der Waals surface area (Å²) in [5, 5.41) is 5.84. The van der Waals surface area contributed by atoms with Gasteiger partial charge < -0.3 is 10.6 Å². The van der Waals surface area contributed by atoms with E-state index in [1.165, 1.54) is 0 Å². The van der Waals surface area contributed by atoms with Crippen LogP contribution in [-0.4, -0.2) is 22.9 Å². The second-order valence-corrected chi connectivity index (χ2v) is 4.87. The van der Waals surface area contributed by atoms with Gasteiger partial charge in [0.2, 0.25) is 0 Å². The monoisotopic (exact) mass is 284 g/mol. The number of aryl methyl sites for hydroxylation is 2. The lowest BCUT2D eigenvalue weighted by Gasteiger charge is -2.09. The normalized spacial score (nSPS) is 10.2. The summed E-state index contributed by atoms with van der Waals surface area (Å²) in [6.45, 7) is 4.00. The molecular formula is C16H20N4O. The molecule has 5 nitrogen and oxygen atoms in total. The van der Waals surface area contributed by atoms with Crippen molar-refractivity contribution in [2.45, 2.75) is 26.7 Å². The van der Waals surface area contributed by atoms with Crippen molar-refractivity contribution in [2.75, 3.05) is 17.7 Å². The molecule has 0 radical (unpaired) electrons. The van der Waals surface area contributed by atoms with Crippen LogP contribution >= 0.6 is 0 Å². The summed E-state index contributed by atoms with van der Waals surface area (Å²) >= 11 is 0. The molecule has 110 valence electrons. The van der Waals surface area contributed by atoms with Crippen LogP contribution in [0, 0.1) is 6.92 Å². The van der Waals surface area contributed by atoms with Gasteiger partial charge in [-0.05, 0) is 37.6 Å². The quantitative estimate of drug-likeness (QED) is 0.885. The van der Waals surface area contributed by atoms with Gasteiger partial charge in [-0.3, -0.25) is 9.78 Å². The van der Waals surface area contributed by atoms with Gasteiger partial charge in [0.25, 0.3) is 5.91 Å². The fourth-order valence-electron chi connectivity index (χ4n) is 1.98. The highest BCUT2D eigenvalue weighted by atomic mass is 16.1. The summed E-state index contributed by atoms with van der Waals surface area (Å²) in [5.74, 6) is 0.546. The summed E-state index contributed by atoms with van der Waals surface area (Å²) in [5.41, 5.74) is 3.11. The highest BCUT2D eigenvalue weighted by Crippen LogP contribution is 2.14. The van der Waals surface area contributed by atoms with E-state index in [0.717, 1.165) is 24.2 Å². The highest BCUT2D eigenvalue weighted by Gasteiger charge is 2.10. The number of hydrogen-bond acceptors (Lipinski definition) is 4. The number of hydrogen-bond donors (Lipinski definition) is 2. The number of carbonyl (C=O) groups excluding carboxylic acids is 1. The molecule has 0 unspecified atom stereocenters. The summed E-state index contributed by atoms with van der Waals surface area (Å²) in [4.78, 5) is 20.9.